The first kappa shape index (κ1) is 11.8. The number of hydrogen-bond donors (Lipinski definition) is 1. The Labute approximate surface area is 106 Å². The van der Waals surface area contributed by atoms with Crippen LogP contribution >= 0.6 is 11.6 Å². The van der Waals surface area contributed by atoms with Crippen molar-refractivity contribution in [2.45, 2.75) is 6.54 Å². The highest BCUT2D eigenvalue weighted by Crippen LogP contribution is 2.23. The second-order valence-electron chi connectivity index (χ2n) is 3.68. The fourth-order valence-electron chi connectivity index (χ4n) is 1.55. The van der Waals surface area contributed by atoms with Crippen LogP contribution in [0.15, 0.2) is 48.5 Å². The van der Waals surface area contributed by atoms with Crippen molar-refractivity contribution in [3.8, 4) is 5.75 Å². The lowest BCUT2D eigenvalue weighted by atomic mass is 10.2. The summed E-state index contributed by atoms with van der Waals surface area (Å²) in [6, 6.07) is 15.7. The third kappa shape index (κ3) is 3.14. The molecule has 0 fully saturated rings. The van der Waals surface area contributed by atoms with Crippen LogP contribution in [-0.2, 0) is 6.54 Å². The Morgan fingerprint density at radius 2 is 1.88 bits per heavy atom. The van der Waals surface area contributed by atoms with Crippen LogP contribution in [-0.4, -0.2) is 7.11 Å². The number of hydrogen-bond acceptors (Lipinski definition) is 2. The van der Waals surface area contributed by atoms with E-state index in [-0.39, 0.29) is 0 Å². The predicted octanol–water partition coefficient (Wildman–Crippen LogP) is 3.96. The molecule has 0 amide bonds. The van der Waals surface area contributed by atoms with E-state index in [1.165, 1.54) is 0 Å². The molecule has 0 aliphatic carbocycles. The van der Waals surface area contributed by atoms with Gasteiger partial charge in [0, 0.05) is 17.3 Å². The average molecular weight is 248 g/mol. The first-order valence-electron chi connectivity index (χ1n) is 5.41. The SMILES string of the molecule is COc1ccc(CNc2ccccc2)c(Cl)c1. The molecule has 2 rings (SSSR count). The number of methoxy groups -OCH3 is 1. The Kier molecular flexibility index (Phi) is 3.89. The molecule has 0 bridgehead atoms. The maximum Gasteiger partial charge on any atom is 0.120 e. The Bertz CT molecular complexity index is 485. The maximum atomic E-state index is 6.15. The molecule has 2 aromatic carbocycles. The highest BCUT2D eigenvalue weighted by atomic mass is 35.5. The molecular weight excluding hydrogens is 234 g/mol. The zero-order chi connectivity index (χ0) is 12.1. The van der Waals surface area contributed by atoms with Gasteiger partial charge < -0.3 is 10.1 Å². The molecular formula is C14H14ClNO. The lowest BCUT2D eigenvalue weighted by molar-refractivity contribution is 0.414. The van der Waals surface area contributed by atoms with Crippen molar-refractivity contribution in [1.82, 2.24) is 0 Å². The van der Waals surface area contributed by atoms with Crippen LogP contribution in [0, 0.1) is 0 Å². The Balaban J connectivity index is 2.04. The fraction of sp³-hybridized carbons (Fsp3) is 0.143. The van der Waals surface area contributed by atoms with Gasteiger partial charge in [0.05, 0.1) is 7.11 Å². The van der Waals surface area contributed by atoms with Crippen LogP contribution in [0.3, 0.4) is 0 Å². The van der Waals surface area contributed by atoms with Crippen LogP contribution in [0.4, 0.5) is 5.69 Å². The number of rotatable bonds is 4. The number of halogens is 1. The number of anilines is 1. The molecule has 2 aromatic rings. The first-order chi connectivity index (χ1) is 8.29. The summed E-state index contributed by atoms with van der Waals surface area (Å²) in [7, 11) is 1.63. The molecule has 0 saturated carbocycles. The second-order valence-corrected chi connectivity index (χ2v) is 4.08. The van der Waals surface area contributed by atoms with Crippen LogP contribution in [0.25, 0.3) is 0 Å². The third-order valence-corrected chi connectivity index (χ3v) is 2.87. The van der Waals surface area contributed by atoms with E-state index in [9.17, 15) is 0 Å². The van der Waals surface area contributed by atoms with Crippen LogP contribution in [0.2, 0.25) is 5.02 Å². The summed E-state index contributed by atoms with van der Waals surface area (Å²) in [6.07, 6.45) is 0. The zero-order valence-corrected chi connectivity index (χ0v) is 10.4. The van der Waals surface area contributed by atoms with Crippen molar-refractivity contribution in [3.63, 3.8) is 0 Å². The molecule has 0 aliphatic rings. The molecule has 0 heterocycles. The normalized spacial score (nSPS) is 10.0. The molecule has 17 heavy (non-hydrogen) atoms. The quantitative estimate of drug-likeness (QED) is 0.883. The largest absolute Gasteiger partial charge is 0.497 e. The van der Waals surface area contributed by atoms with E-state index in [2.05, 4.69) is 5.32 Å². The highest BCUT2D eigenvalue weighted by Gasteiger charge is 2.01. The van der Waals surface area contributed by atoms with Gasteiger partial charge in [-0.2, -0.15) is 0 Å². The number of ether oxygens (including phenoxy) is 1. The van der Waals surface area contributed by atoms with Crippen LogP contribution in [0.1, 0.15) is 5.56 Å². The summed E-state index contributed by atoms with van der Waals surface area (Å²) in [5, 5.41) is 4.03. The van der Waals surface area contributed by atoms with Crippen molar-refractivity contribution in [3.05, 3.63) is 59.1 Å². The number of nitrogens with one attached hydrogen (secondary N) is 1. The fourth-order valence-corrected chi connectivity index (χ4v) is 1.79. The highest BCUT2D eigenvalue weighted by molar-refractivity contribution is 6.31. The molecule has 2 nitrogen and oxygen atoms in total. The van der Waals surface area contributed by atoms with Gasteiger partial charge in [0.1, 0.15) is 5.75 Å². The molecule has 1 N–H and O–H groups in total. The Morgan fingerprint density at radius 3 is 2.53 bits per heavy atom. The lowest BCUT2D eigenvalue weighted by Gasteiger charge is -2.09. The van der Waals surface area contributed by atoms with Gasteiger partial charge in [0.2, 0.25) is 0 Å². The maximum absolute atomic E-state index is 6.15. The van der Waals surface area contributed by atoms with Gasteiger partial charge in [-0.15, -0.1) is 0 Å². The van der Waals surface area contributed by atoms with Gasteiger partial charge >= 0.3 is 0 Å². The summed E-state index contributed by atoms with van der Waals surface area (Å²) >= 11 is 6.15. The summed E-state index contributed by atoms with van der Waals surface area (Å²) < 4.78 is 5.11. The van der Waals surface area contributed by atoms with E-state index in [1.54, 1.807) is 7.11 Å². The van der Waals surface area contributed by atoms with Gasteiger partial charge in [0.25, 0.3) is 0 Å². The summed E-state index contributed by atoms with van der Waals surface area (Å²) in [5.41, 5.74) is 2.13. The first-order valence-corrected chi connectivity index (χ1v) is 5.79. The smallest absolute Gasteiger partial charge is 0.120 e. The van der Waals surface area contributed by atoms with Crippen molar-refractivity contribution in [2.24, 2.45) is 0 Å². The lowest BCUT2D eigenvalue weighted by Crippen LogP contribution is -1.99. The zero-order valence-electron chi connectivity index (χ0n) is 9.61. The summed E-state index contributed by atoms with van der Waals surface area (Å²) in [4.78, 5) is 0. The van der Waals surface area contributed by atoms with E-state index >= 15 is 0 Å². The van der Waals surface area contributed by atoms with Crippen LogP contribution < -0.4 is 10.1 Å². The minimum Gasteiger partial charge on any atom is -0.497 e. The summed E-state index contributed by atoms with van der Waals surface area (Å²) in [5.74, 6) is 0.776. The van der Waals surface area contributed by atoms with Crippen molar-refractivity contribution < 1.29 is 4.74 Å². The molecule has 3 heteroatoms. The van der Waals surface area contributed by atoms with Gasteiger partial charge in [0.15, 0.2) is 0 Å². The Morgan fingerprint density at radius 1 is 1.12 bits per heavy atom. The molecule has 0 spiro atoms. The number of benzene rings is 2. The van der Waals surface area contributed by atoms with Gasteiger partial charge in [-0.05, 0) is 29.8 Å². The van der Waals surface area contributed by atoms with E-state index in [0.717, 1.165) is 17.0 Å². The van der Waals surface area contributed by atoms with E-state index in [0.29, 0.717) is 11.6 Å². The third-order valence-electron chi connectivity index (χ3n) is 2.52. The minimum absolute atomic E-state index is 0.701. The molecule has 0 radical (unpaired) electrons. The Hall–Kier alpha value is -1.67. The average Bonchev–Trinajstić information content (AvgIpc) is 2.38. The molecule has 88 valence electrons. The summed E-state index contributed by atoms with van der Waals surface area (Å²) in [6.45, 7) is 0.701. The minimum atomic E-state index is 0.701. The van der Waals surface area contributed by atoms with E-state index in [4.69, 9.17) is 16.3 Å². The van der Waals surface area contributed by atoms with Gasteiger partial charge in [-0.3, -0.25) is 0 Å². The van der Waals surface area contributed by atoms with Crippen molar-refractivity contribution >= 4 is 17.3 Å². The van der Waals surface area contributed by atoms with Gasteiger partial charge in [-0.1, -0.05) is 35.9 Å². The molecule has 0 aliphatic heterocycles. The van der Waals surface area contributed by atoms with Gasteiger partial charge in [-0.25, -0.2) is 0 Å². The second kappa shape index (κ2) is 5.60. The molecule has 0 aromatic heterocycles. The van der Waals surface area contributed by atoms with Crippen LogP contribution in [0.5, 0.6) is 5.75 Å². The van der Waals surface area contributed by atoms with E-state index < -0.39 is 0 Å². The standard InChI is InChI=1S/C14H14ClNO/c1-17-13-8-7-11(14(15)9-13)10-16-12-5-3-2-4-6-12/h2-9,16H,10H2,1H3. The van der Waals surface area contributed by atoms with E-state index in [1.807, 2.05) is 48.5 Å². The monoisotopic (exact) mass is 247 g/mol. The number of para-hydroxylation sites is 1. The van der Waals surface area contributed by atoms with Crippen molar-refractivity contribution in [1.29, 1.82) is 0 Å². The molecule has 0 unspecified atom stereocenters. The topological polar surface area (TPSA) is 21.3 Å². The molecule has 0 saturated heterocycles. The molecule has 0 atom stereocenters. The van der Waals surface area contributed by atoms with Crippen molar-refractivity contribution in [2.75, 3.05) is 12.4 Å². The predicted molar refractivity (Wildman–Crippen MR) is 71.8 cm³/mol.